The molecule has 0 saturated heterocycles. The first kappa shape index (κ1) is 13.4. The second kappa shape index (κ2) is 4.25. The van der Waals surface area contributed by atoms with E-state index in [1.807, 2.05) is 0 Å². The van der Waals surface area contributed by atoms with Gasteiger partial charge in [0.25, 0.3) is 0 Å². The van der Waals surface area contributed by atoms with Gasteiger partial charge in [0.2, 0.25) is 0 Å². The smallest absolute Gasteiger partial charge is 0.464 e. The van der Waals surface area contributed by atoms with Crippen molar-refractivity contribution in [2.24, 2.45) is 0 Å². The summed E-state index contributed by atoms with van der Waals surface area (Å²) in [4.78, 5) is 0. The molecule has 0 atom stereocenters. The number of benzene rings is 1. The van der Waals surface area contributed by atoms with E-state index in [4.69, 9.17) is 4.42 Å². The highest BCUT2D eigenvalue weighted by molar-refractivity contribution is 5.81. The SMILES string of the molecule is FC(F)(F)Oc1cc2ccoc2cc1OC(F)(F)F. The van der Waals surface area contributed by atoms with Crippen LogP contribution in [0, 0.1) is 0 Å². The number of rotatable bonds is 2. The number of hydrogen-bond acceptors (Lipinski definition) is 3. The maximum atomic E-state index is 12.1. The van der Waals surface area contributed by atoms with Crippen molar-refractivity contribution in [1.82, 2.24) is 0 Å². The van der Waals surface area contributed by atoms with E-state index in [0.717, 1.165) is 12.3 Å². The van der Waals surface area contributed by atoms with Gasteiger partial charge in [-0.2, -0.15) is 0 Å². The van der Waals surface area contributed by atoms with Crippen molar-refractivity contribution in [3.63, 3.8) is 0 Å². The molecule has 0 aliphatic carbocycles. The molecule has 19 heavy (non-hydrogen) atoms. The first-order valence-corrected chi connectivity index (χ1v) is 4.67. The van der Waals surface area contributed by atoms with Gasteiger partial charge in [-0.25, -0.2) is 0 Å². The minimum absolute atomic E-state index is 0.0613. The fraction of sp³-hybridized carbons (Fsp3) is 0.200. The molecule has 0 bridgehead atoms. The summed E-state index contributed by atoms with van der Waals surface area (Å²) in [5.74, 6) is -2.23. The van der Waals surface area contributed by atoms with Crippen LogP contribution in [0.15, 0.2) is 28.9 Å². The molecule has 1 aromatic carbocycles. The number of alkyl halides is 6. The molecule has 0 saturated carbocycles. The monoisotopic (exact) mass is 286 g/mol. The molecule has 2 aromatic rings. The molecule has 0 fully saturated rings. The Morgan fingerprint density at radius 3 is 1.89 bits per heavy atom. The summed E-state index contributed by atoms with van der Waals surface area (Å²) >= 11 is 0. The zero-order valence-electron chi connectivity index (χ0n) is 8.80. The minimum atomic E-state index is -5.15. The van der Waals surface area contributed by atoms with Crippen LogP contribution in [-0.4, -0.2) is 12.7 Å². The minimum Gasteiger partial charge on any atom is -0.464 e. The molecule has 9 heteroatoms. The molecule has 0 aliphatic heterocycles. The van der Waals surface area contributed by atoms with Crippen LogP contribution in [0.3, 0.4) is 0 Å². The van der Waals surface area contributed by atoms with Crippen molar-refractivity contribution in [3.05, 3.63) is 24.5 Å². The number of halogens is 6. The standard InChI is InChI=1S/C10H4F6O3/c11-9(12,13)18-7-3-5-1-2-17-6(5)4-8(7)19-10(14,15)16/h1-4H. The van der Waals surface area contributed by atoms with Crippen molar-refractivity contribution in [1.29, 1.82) is 0 Å². The lowest BCUT2D eigenvalue weighted by Crippen LogP contribution is -2.21. The van der Waals surface area contributed by atoms with Crippen LogP contribution in [-0.2, 0) is 0 Å². The van der Waals surface area contributed by atoms with Crippen molar-refractivity contribution < 1.29 is 40.2 Å². The van der Waals surface area contributed by atoms with Gasteiger partial charge in [-0.05, 0) is 12.1 Å². The van der Waals surface area contributed by atoms with Crippen LogP contribution < -0.4 is 9.47 Å². The number of fused-ring (bicyclic) bond motifs is 1. The predicted molar refractivity (Wildman–Crippen MR) is 49.6 cm³/mol. The van der Waals surface area contributed by atoms with E-state index < -0.39 is 24.2 Å². The average molecular weight is 286 g/mol. The molecule has 0 amide bonds. The lowest BCUT2D eigenvalue weighted by molar-refractivity contribution is -0.287. The van der Waals surface area contributed by atoms with Gasteiger partial charge in [-0.15, -0.1) is 26.3 Å². The quantitative estimate of drug-likeness (QED) is 0.774. The zero-order valence-corrected chi connectivity index (χ0v) is 8.80. The van der Waals surface area contributed by atoms with Crippen molar-refractivity contribution in [2.45, 2.75) is 12.7 Å². The molecule has 2 rings (SSSR count). The summed E-state index contributed by atoms with van der Waals surface area (Å²) < 4.78 is 84.3. The third-order valence-electron chi connectivity index (χ3n) is 1.97. The van der Waals surface area contributed by atoms with Crippen LogP contribution in [0.1, 0.15) is 0 Å². The Kier molecular flexibility index (Phi) is 2.99. The molecule has 0 radical (unpaired) electrons. The van der Waals surface area contributed by atoms with Crippen LogP contribution in [0.2, 0.25) is 0 Å². The van der Waals surface area contributed by atoms with E-state index in [1.165, 1.54) is 6.07 Å². The zero-order chi connectivity index (χ0) is 14.3. The summed E-state index contributed by atoms with van der Waals surface area (Å²) in [5.41, 5.74) is -0.0613. The average Bonchev–Trinajstić information content (AvgIpc) is 2.60. The van der Waals surface area contributed by atoms with Gasteiger partial charge in [0.05, 0.1) is 6.26 Å². The van der Waals surface area contributed by atoms with E-state index in [0.29, 0.717) is 6.07 Å². The second-order valence-corrected chi connectivity index (χ2v) is 3.35. The Morgan fingerprint density at radius 2 is 1.37 bits per heavy atom. The summed E-state index contributed by atoms with van der Waals surface area (Å²) in [7, 11) is 0. The molecule has 0 N–H and O–H groups in total. The fourth-order valence-corrected chi connectivity index (χ4v) is 1.38. The van der Waals surface area contributed by atoms with Crippen molar-refractivity contribution in [3.8, 4) is 11.5 Å². The summed E-state index contributed by atoms with van der Waals surface area (Å²) in [6, 6.07) is 2.69. The molecule has 3 nitrogen and oxygen atoms in total. The molecular weight excluding hydrogens is 282 g/mol. The normalized spacial score (nSPS) is 12.7. The molecule has 104 valence electrons. The van der Waals surface area contributed by atoms with Gasteiger partial charge in [0.1, 0.15) is 5.58 Å². The Morgan fingerprint density at radius 1 is 0.842 bits per heavy atom. The molecular formula is C10H4F6O3. The summed E-state index contributed by atoms with van der Waals surface area (Å²) in [6.07, 6.45) is -9.18. The summed E-state index contributed by atoms with van der Waals surface area (Å²) in [6.45, 7) is 0. The van der Waals surface area contributed by atoms with Gasteiger partial charge in [-0.1, -0.05) is 0 Å². The van der Waals surface area contributed by atoms with Crippen LogP contribution in [0.4, 0.5) is 26.3 Å². The molecule has 0 unspecified atom stereocenters. The third-order valence-corrected chi connectivity index (χ3v) is 1.97. The van der Waals surface area contributed by atoms with E-state index in [-0.39, 0.29) is 11.0 Å². The second-order valence-electron chi connectivity index (χ2n) is 3.35. The van der Waals surface area contributed by atoms with Crippen LogP contribution in [0.25, 0.3) is 11.0 Å². The van der Waals surface area contributed by atoms with E-state index in [9.17, 15) is 26.3 Å². The van der Waals surface area contributed by atoms with Gasteiger partial charge >= 0.3 is 12.7 Å². The van der Waals surface area contributed by atoms with E-state index in [2.05, 4.69) is 9.47 Å². The third kappa shape index (κ3) is 3.46. The van der Waals surface area contributed by atoms with E-state index >= 15 is 0 Å². The highest BCUT2D eigenvalue weighted by Gasteiger charge is 2.36. The topological polar surface area (TPSA) is 31.6 Å². The van der Waals surface area contributed by atoms with E-state index in [1.54, 1.807) is 0 Å². The number of ether oxygens (including phenoxy) is 2. The van der Waals surface area contributed by atoms with Gasteiger partial charge in [0, 0.05) is 11.5 Å². The molecule has 0 spiro atoms. The fourth-order valence-electron chi connectivity index (χ4n) is 1.38. The van der Waals surface area contributed by atoms with Crippen LogP contribution in [0.5, 0.6) is 11.5 Å². The van der Waals surface area contributed by atoms with Crippen LogP contribution >= 0.6 is 0 Å². The van der Waals surface area contributed by atoms with Crippen molar-refractivity contribution in [2.75, 3.05) is 0 Å². The highest BCUT2D eigenvalue weighted by Crippen LogP contribution is 2.38. The first-order valence-electron chi connectivity index (χ1n) is 4.67. The number of furan rings is 1. The Hall–Kier alpha value is -2.06. The molecule has 0 aliphatic rings. The largest absolute Gasteiger partial charge is 0.573 e. The lowest BCUT2D eigenvalue weighted by Gasteiger charge is -2.15. The predicted octanol–water partition coefficient (Wildman–Crippen LogP) is 4.23. The Bertz CT molecular complexity index is 533. The number of hydrogen-bond donors (Lipinski definition) is 0. The Labute approximate surface area is 101 Å². The Balaban J connectivity index is 2.47. The first-order chi connectivity index (χ1) is 8.64. The maximum Gasteiger partial charge on any atom is 0.573 e. The summed E-state index contributed by atoms with van der Waals surface area (Å²) in [5, 5.41) is 0.147. The lowest BCUT2D eigenvalue weighted by atomic mass is 10.2. The van der Waals surface area contributed by atoms with Gasteiger partial charge in [-0.3, -0.25) is 0 Å². The maximum absolute atomic E-state index is 12.1. The van der Waals surface area contributed by atoms with Gasteiger partial charge < -0.3 is 13.9 Å². The van der Waals surface area contributed by atoms with Crippen molar-refractivity contribution >= 4 is 11.0 Å². The highest BCUT2D eigenvalue weighted by atomic mass is 19.4. The van der Waals surface area contributed by atoms with Gasteiger partial charge in [0.15, 0.2) is 11.5 Å². The molecule has 1 heterocycles. The molecule has 1 aromatic heterocycles.